The monoisotopic (exact) mass is 307 g/mol. The SMILES string of the molecule is C[C@@H]1CN(C(=O)c2cc(=O)[nH]c3ccccc23)CCN1.Cl. The van der Waals surface area contributed by atoms with Gasteiger partial charge in [-0.1, -0.05) is 18.2 Å². The van der Waals surface area contributed by atoms with Gasteiger partial charge in [0.05, 0.1) is 5.56 Å². The lowest BCUT2D eigenvalue weighted by Crippen LogP contribution is -2.51. The van der Waals surface area contributed by atoms with E-state index in [-0.39, 0.29) is 29.9 Å². The molecule has 1 aliphatic heterocycles. The molecule has 21 heavy (non-hydrogen) atoms. The van der Waals surface area contributed by atoms with E-state index in [1.165, 1.54) is 6.07 Å². The van der Waals surface area contributed by atoms with Crippen molar-refractivity contribution in [3.05, 3.63) is 46.2 Å². The third-order valence-corrected chi connectivity index (χ3v) is 3.64. The second-order valence-corrected chi connectivity index (χ2v) is 5.20. The molecular formula is C15H18ClN3O2. The largest absolute Gasteiger partial charge is 0.336 e. The summed E-state index contributed by atoms with van der Waals surface area (Å²) in [5, 5.41) is 4.10. The van der Waals surface area contributed by atoms with Gasteiger partial charge in [-0.25, -0.2) is 0 Å². The van der Waals surface area contributed by atoms with Crippen LogP contribution in [0.25, 0.3) is 10.9 Å². The topological polar surface area (TPSA) is 65.2 Å². The lowest BCUT2D eigenvalue weighted by atomic mass is 10.1. The lowest BCUT2D eigenvalue weighted by molar-refractivity contribution is 0.0711. The minimum Gasteiger partial charge on any atom is -0.336 e. The van der Waals surface area contributed by atoms with Crippen LogP contribution in [0.1, 0.15) is 17.3 Å². The van der Waals surface area contributed by atoms with Crippen LogP contribution >= 0.6 is 12.4 Å². The maximum absolute atomic E-state index is 12.7. The number of hydrogen-bond donors (Lipinski definition) is 2. The van der Waals surface area contributed by atoms with Gasteiger partial charge in [0.1, 0.15) is 0 Å². The highest BCUT2D eigenvalue weighted by molar-refractivity contribution is 6.06. The maximum atomic E-state index is 12.7. The Hall–Kier alpha value is -1.85. The summed E-state index contributed by atoms with van der Waals surface area (Å²) in [6, 6.07) is 9.08. The summed E-state index contributed by atoms with van der Waals surface area (Å²) in [5.41, 5.74) is 0.945. The molecule has 3 rings (SSSR count). The molecule has 2 aromatic rings. The van der Waals surface area contributed by atoms with Gasteiger partial charge in [-0.05, 0) is 13.0 Å². The highest BCUT2D eigenvalue weighted by Crippen LogP contribution is 2.17. The molecule has 112 valence electrons. The number of aromatic nitrogens is 1. The minimum atomic E-state index is -0.241. The van der Waals surface area contributed by atoms with Crippen LogP contribution in [-0.2, 0) is 0 Å². The predicted octanol–water partition coefficient (Wildman–Crippen LogP) is 1.38. The number of carbonyl (C=O) groups excluding carboxylic acids is 1. The van der Waals surface area contributed by atoms with E-state index in [0.29, 0.717) is 24.2 Å². The lowest BCUT2D eigenvalue weighted by Gasteiger charge is -2.32. The number of nitrogens with one attached hydrogen (secondary N) is 2. The van der Waals surface area contributed by atoms with E-state index < -0.39 is 0 Å². The Kier molecular flexibility index (Phi) is 4.65. The number of fused-ring (bicyclic) bond motifs is 1. The van der Waals surface area contributed by atoms with Crippen molar-refractivity contribution in [3.8, 4) is 0 Å². The number of pyridine rings is 1. The maximum Gasteiger partial charge on any atom is 0.254 e. The molecule has 1 aliphatic rings. The predicted molar refractivity (Wildman–Crippen MR) is 85.2 cm³/mol. The van der Waals surface area contributed by atoms with Crippen molar-refractivity contribution in [1.82, 2.24) is 15.2 Å². The van der Waals surface area contributed by atoms with Crippen LogP contribution < -0.4 is 10.9 Å². The number of benzene rings is 1. The number of halogens is 1. The van der Waals surface area contributed by atoms with Crippen molar-refractivity contribution in [2.75, 3.05) is 19.6 Å². The van der Waals surface area contributed by atoms with Crippen LogP contribution in [0.3, 0.4) is 0 Å². The molecule has 1 amide bonds. The quantitative estimate of drug-likeness (QED) is 0.836. The number of H-pyrrole nitrogens is 1. The fraction of sp³-hybridized carbons (Fsp3) is 0.333. The number of amides is 1. The molecular weight excluding hydrogens is 290 g/mol. The number of piperazine rings is 1. The van der Waals surface area contributed by atoms with Gasteiger partial charge in [0.15, 0.2) is 0 Å². The number of nitrogens with zero attached hydrogens (tertiary/aromatic N) is 1. The van der Waals surface area contributed by atoms with Gasteiger partial charge >= 0.3 is 0 Å². The zero-order valence-corrected chi connectivity index (χ0v) is 12.6. The first-order chi connectivity index (χ1) is 9.65. The van der Waals surface area contributed by atoms with Crippen LogP contribution in [0.5, 0.6) is 0 Å². The van der Waals surface area contributed by atoms with Gasteiger partial charge in [-0.2, -0.15) is 0 Å². The Labute approximate surface area is 128 Å². The van der Waals surface area contributed by atoms with Gasteiger partial charge in [0.2, 0.25) is 5.56 Å². The third kappa shape index (κ3) is 3.09. The van der Waals surface area contributed by atoms with Gasteiger partial charge in [-0.15, -0.1) is 12.4 Å². The minimum absolute atomic E-state index is 0. The Morgan fingerprint density at radius 3 is 2.86 bits per heavy atom. The Morgan fingerprint density at radius 2 is 2.10 bits per heavy atom. The second-order valence-electron chi connectivity index (χ2n) is 5.20. The number of rotatable bonds is 1. The smallest absolute Gasteiger partial charge is 0.254 e. The first-order valence-electron chi connectivity index (χ1n) is 6.80. The Balaban J connectivity index is 0.00000161. The van der Waals surface area contributed by atoms with Crippen molar-refractivity contribution >= 4 is 29.2 Å². The molecule has 0 saturated carbocycles. The number of aromatic amines is 1. The van der Waals surface area contributed by atoms with Crippen molar-refractivity contribution in [3.63, 3.8) is 0 Å². The zero-order chi connectivity index (χ0) is 14.1. The summed E-state index contributed by atoms with van der Waals surface area (Å²) in [4.78, 5) is 28.9. The van der Waals surface area contributed by atoms with Crippen molar-refractivity contribution in [2.24, 2.45) is 0 Å². The van der Waals surface area contributed by atoms with E-state index in [9.17, 15) is 9.59 Å². The van der Waals surface area contributed by atoms with Crippen molar-refractivity contribution in [1.29, 1.82) is 0 Å². The third-order valence-electron chi connectivity index (χ3n) is 3.64. The zero-order valence-electron chi connectivity index (χ0n) is 11.8. The molecule has 1 saturated heterocycles. The summed E-state index contributed by atoms with van der Waals surface area (Å²) in [6.07, 6.45) is 0. The van der Waals surface area contributed by atoms with Gasteiger partial charge in [0.25, 0.3) is 5.91 Å². The van der Waals surface area contributed by atoms with E-state index in [2.05, 4.69) is 17.2 Å². The van der Waals surface area contributed by atoms with Crippen molar-refractivity contribution in [2.45, 2.75) is 13.0 Å². The molecule has 2 N–H and O–H groups in total. The molecule has 0 spiro atoms. The molecule has 0 bridgehead atoms. The second kappa shape index (κ2) is 6.28. The van der Waals surface area contributed by atoms with Crippen LogP contribution in [0.2, 0.25) is 0 Å². The fourth-order valence-electron chi connectivity index (χ4n) is 2.67. The highest BCUT2D eigenvalue weighted by Gasteiger charge is 2.23. The molecule has 0 unspecified atom stereocenters. The Morgan fingerprint density at radius 1 is 1.33 bits per heavy atom. The number of hydrogen-bond acceptors (Lipinski definition) is 3. The Bertz CT molecular complexity index is 713. The summed E-state index contributed by atoms with van der Waals surface area (Å²) in [5.74, 6) is -0.0688. The highest BCUT2D eigenvalue weighted by atomic mass is 35.5. The van der Waals surface area contributed by atoms with Crippen LogP contribution in [0, 0.1) is 0 Å². The average molecular weight is 308 g/mol. The van der Waals surface area contributed by atoms with E-state index in [0.717, 1.165) is 11.9 Å². The number of para-hydroxylation sites is 1. The molecule has 0 radical (unpaired) electrons. The van der Waals surface area contributed by atoms with E-state index >= 15 is 0 Å². The van der Waals surface area contributed by atoms with E-state index in [1.807, 2.05) is 29.2 Å². The first kappa shape index (κ1) is 15.5. The summed E-state index contributed by atoms with van der Waals surface area (Å²) >= 11 is 0. The van der Waals surface area contributed by atoms with E-state index in [1.54, 1.807) is 0 Å². The molecule has 1 fully saturated rings. The molecule has 0 aliphatic carbocycles. The molecule has 5 nitrogen and oxygen atoms in total. The fourth-order valence-corrected chi connectivity index (χ4v) is 2.67. The average Bonchev–Trinajstić information content (AvgIpc) is 2.45. The van der Waals surface area contributed by atoms with E-state index in [4.69, 9.17) is 0 Å². The van der Waals surface area contributed by atoms with Crippen LogP contribution in [-0.4, -0.2) is 41.5 Å². The summed E-state index contributed by atoms with van der Waals surface area (Å²) < 4.78 is 0. The first-order valence-corrected chi connectivity index (χ1v) is 6.80. The normalized spacial score (nSPS) is 18.3. The van der Waals surface area contributed by atoms with Crippen molar-refractivity contribution < 1.29 is 4.79 Å². The van der Waals surface area contributed by atoms with Gasteiger partial charge in [-0.3, -0.25) is 9.59 Å². The summed E-state index contributed by atoms with van der Waals surface area (Å²) in [6.45, 7) is 4.17. The molecule has 1 aromatic heterocycles. The standard InChI is InChI=1S/C15H17N3O2.ClH/c1-10-9-18(7-6-16-10)15(20)12-8-14(19)17-13-5-3-2-4-11(12)13;/h2-5,8,10,16H,6-7,9H2,1H3,(H,17,19);1H/t10-;/m1./s1. The molecule has 1 atom stereocenters. The van der Waals surface area contributed by atoms with Gasteiger partial charge < -0.3 is 15.2 Å². The van der Waals surface area contributed by atoms with Crippen LogP contribution in [0.15, 0.2) is 35.1 Å². The van der Waals surface area contributed by atoms with Crippen LogP contribution in [0.4, 0.5) is 0 Å². The molecule has 1 aromatic carbocycles. The molecule has 2 heterocycles. The van der Waals surface area contributed by atoms with Gasteiger partial charge in [0, 0.05) is 42.6 Å². The summed E-state index contributed by atoms with van der Waals surface area (Å²) in [7, 11) is 0. The number of carbonyl (C=O) groups is 1. The molecule has 6 heteroatoms.